The summed E-state index contributed by atoms with van der Waals surface area (Å²) in [6, 6.07) is 18.8. The van der Waals surface area contributed by atoms with E-state index in [4.69, 9.17) is 9.72 Å². The monoisotopic (exact) mass is 370 g/mol. The summed E-state index contributed by atoms with van der Waals surface area (Å²) in [5.41, 5.74) is 4.09. The molecule has 4 aromatic rings. The lowest BCUT2D eigenvalue weighted by Gasteiger charge is -2.27. The van der Waals surface area contributed by atoms with Crippen LogP contribution >= 0.6 is 0 Å². The van der Waals surface area contributed by atoms with Gasteiger partial charge in [0.15, 0.2) is 5.65 Å². The van der Waals surface area contributed by atoms with E-state index in [0.29, 0.717) is 23.8 Å². The van der Waals surface area contributed by atoms with E-state index in [1.807, 2.05) is 65.6 Å². The molecule has 0 radical (unpaired) electrons. The number of aromatic amines is 1. The van der Waals surface area contributed by atoms with E-state index in [0.717, 1.165) is 22.2 Å². The Bertz CT molecular complexity index is 1150. The number of imidazole rings is 1. The molecule has 2 aromatic heterocycles. The molecule has 138 valence electrons. The number of fused-ring (bicyclic) bond motifs is 2. The molecule has 1 aliphatic rings. The van der Waals surface area contributed by atoms with Crippen LogP contribution in [-0.2, 0) is 6.54 Å². The van der Waals surface area contributed by atoms with Crippen molar-refractivity contribution in [3.8, 4) is 5.75 Å². The van der Waals surface area contributed by atoms with Gasteiger partial charge in [0.05, 0.1) is 7.11 Å². The van der Waals surface area contributed by atoms with Gasteiger partial charge in [-0.05, 0) is 29.8 Å². The van der Waals surface area contributed by atoms with Gasteiger partial charge in [-0.2, -0.15) is 0 Å². The normalized spacial score (nSPS) is 14.3. The van der Waals surface area contributed by atoms with Crippen LogP contribution in [0.3, 0.4) is 0 Å². The van der Waals surface area contributed by atoms with Crippen LogP contribution in [0, 0.1) is 0 Å². The van der Waals surface area contributed by atoms with E-state index in [1.54, 1.807) is 13.3 Å². The number of H-pyrrole nitrogens is 1. The first-order valence-electron chi connectivity index (χ1n) is 9.08. The zero-order chi connectivity index (χ0) is 19.1. The lowest BCUT2D eigenvalue weighted by Crippen LogP contribution is -2.31. The number of ether oxygens (including phenoxy) is 1. The van der Waals surface area contributed by atoms with Gasteiger partial charge in [-0.1, -0.05) is 36.4 Å². The Labute approximate surface area is 161 Å². The molecule has 0 saturated heterocycles. The lowest BCUT2D eigenvalue weighted by molar-refractivity contribution is 0.0723. The van der Waals surface area contributed by atoms with Crippen LogP contribution in [0.25, 0.3) is 11.2 Å². The van der Waals surface area contributed by atoms with Crippen LogP contribution < -0.4 is 4.74 Å². The van der Waals surface area contributed by atoms with Crippen LogP contribution in [0.15, 0.2) is 66.9 Å². The van der Waals surface area contributed by atoms with Crippen molar-refractivity contribution in [2.45, 2.75) is 12.6 Å². The smallest absolute Gasteiger partial charge is 0.255 e. The molecule has 28 heavy (non-hydrogen) atoms. The Morgan fingerprint density at radius 2 is 1.89 bits per heavy atom. The van der Waals surface area contributed by atoms with Crippen molar-refractivity contribution in [3.63, 3.8) is 0 Å². The predicted molar refractivity (Wildman–Crippen MR) is 105 cm³/mol. The number of para-hydroxylation sites is 1. The highest BCUT2D eigenvalue weighted by Crippen LogP contribution is 2.38. The van der Waals surface area contributed by atoms with Crippen LogP contribution in [0.4, 0.5) is 0 Å². The summed E-state index contributed by atoms with van der Waals surface area (Å²) in [4.78, 5) is 27.5. The summed E-state index contributed by atoms with van der Waals surface area (Å²) in [6.45, 7) is 0.516. The van der Waals surface area contributed by atoms with Crippen LogP contribution in [0.2, 0.25) is 0 Å². The molecule has 1 amide bonds. The summed E-state index contributed by atoms with van der Waals surface area (Å²) < 4.78 is 5.60. The maximum Gasteiger partial charge on any atom is 0.255 e. The fourth-order valence-electron chi connectivity index (χ4n) is 3.83. The molecule has 1 aliphatic heterocycles. The second-order valence-electron chi connectivity index (χ2n) is 6.73. The number of hydrogen-bond acceptors (Lipinski definition) is 4. The van der Waals surface area contributed by atoms with Crippen molar-refractivity contribution >= 4 is 17.1 Å². The molecule has 1 N–H and O–H groups in total. The fourth-order valence-corrected chi connectivity index (χ4v) is 3.83. The first-order valence-corrected chi connectivity index (χ1v) is 9.08. The zero-order valence-electron chi connectivity index (χ0n) is 15.3. The summed E-state index contributed by atoms with van der Waals surface area (Å²) >= 11 is 0. The standard InChI is InChI=1S/C22H18N4O2/c1-28-18-11-5-4-9-16(18)19(21-24-17-10-6-12-23-20(17)25-21)26-13-14-7-2-3-8-15(14)22(26)27/h2-12,19H,13H2,1H3,(H,23,24,25). The molecule has 0 spiro atoms. The molecule has 1 unspecified atom stereocenters. The van der Waals surface area contributed by atoms with Gasteiger partial charge in [0.25, 0.3) is 5.91 Å². The van der Waals surface area contributed by atoms with Gasteiger partial charge in [-0.15, -0.1) is 0 Å². The van der Waals surface area contributed by atoms with Crippen molar-refractivity contribution in [1.82, 2.24) is 19.9 Å². The van der Waals surface area contributed by atoms with Crippen molar-refractivity contribution in [3.05, 3.63) is 89.4 Å². The van der Waals surface area contributed by atoms with Crippen molar-refractivity contribution in [1.29, 1.82) is 0 Å². The number of nitrogens with zero attached hydrogens (tertiary/aromatic N) is 3. The minimum atomic E-state index is -0.412. The third-order valence-corrected chi connectivity index (χ3v) is 5.13. The van der Waals surface area contributed by atoms with Gasteiger partial charge in [0.1, 0.15) is 23.1 Å². The number of methoxy groups -OCH3 is 1. The molecule has 1 atom stereocenters. The average molecular weight is 370 g/mol. The molecular formula is C22H18N4O2. The number of aromatic nitrogens is 3. The van der Waals surface area contributed by atoms with E-state index in [-0.39, 0.29) is 5.91 Å². The van der Waals surface area contributed by atoms with Gasteiger partial charge in [-0.25, -0.2) is 9.97 Å². The van der Waals surface area contributed by atoms with Crippen LogP contribution in [-0.4, -0.2) is 32.9 Å². The Morgan fingerprint density at radius 3 is 2.71 bits per heavy atom. The molecule has 5 rings (SSSR count). The zero-order valence-corrected chi connectivity index (χ0v) is 15.3. The lowest BCUT2D eigenvalue weighted by atomic mass is 10.0. The molecule has 0 bridgehead atoms. The largest absolute Gasteiger partial charge is 0.496 e. The number of pyridine rings is 1. The van der Waals surface area contributed by atoms with E-state index >= 15 is 0 Å². The first kappa shape index (κ1) is 16.5. The van der Waals surface area contributed by atoms with E-state index in [1.165, 1.54) is 0 Å². The highest BCUT2D eigenvalue weighted by Gasteiger charge is 2.37. The highest BCUT2D eigenvalue weighted by atomic mass is 16.5. The van der Waals surface area contributed by atoms with Gasteiger partial charge in [-0.3, -0.25) is 4.79 Å². The average Bonchev–Trinajstić information content (AvgIpc) is 3.30. The van der Waals surface area contributed by atoms with E-state index in [2.05, 4.69) is 9.97 Å². The minimum absolute atomic E-state index is 0.0140. The van der Waals surface area contributed by atoms with Crippen LogP contribution in [0.1, 0.15) is 33.4 Å². The fraction of sp³-hybridized carbons (Fsp3) is 0.136. The number of carbonyl (C=O) groups excluding carboxylic acids is 1. The number of benzene rings is 2. The maximum absolute atomic E-state index is 13.2. The molecule has 0 aliphatic carbocycles. The third kappa shape index (κ3) is 2.53. The number of nitrogens with one attached hydrogen (secondary N) is 1. The van der Waals surface area contributed by atoms with Gasteiger partial charge >= 0.3 is 0 Å². The SMILES string of the molecule is COc1ccccc1C(c1nc2cccnc2[nH]1)N1Cc2ccccc2C1=O. The molecule has 3 heterocycles. The first-order chi connectivity index (χ1) is 13.8. The molecular weight excluding hydrogens is 352 g/mol. The molecule has 0 fully saturated rings. The highest BCUT2D eigenvalue weighted by molar-refractivity contribution is 5.98. The summed E-state index contributed by atoms with van der Waals surface area (Å²) in [5.74, 6) is 1.36. The second kappa shape index (κ2) is 6.49. The molecule has 0 saturated carbocycles. The van der Waals surface area contributed by atoms with E-state index in [9.17, 15) is 4.79 Å². The topological polar surface area (TPSA) is 71.1 Å². The van der Waals surface area contributed by atoms with Gasteiger partial charge in [0.2, 0.25) is 0 Å². The predicted octanol–water partition coefficient (Wildman–Crippen LogP) is 3.71. The summed E-state index contributed by atoms with van der Waals surface area (Å²) in [7, 11) is 1.64. The molecule has 6 heteroatoms. The quantitative estimate of drug-likeness (QED) is 0.594. The number of amides is 1. The van der Waals surface area contributed by atoms with Crippen LogP contribution in [0.5, 0.6) is 5.75 Å². The van der Waals surface area contributed by atoms with Gasteiger partial charge < -0.3 is 14.6 Å². The Hall–Kier alpha value is -3.67. The number of carbonyl (C=O) groups is 1. The second-order valence-corrected chi connectivity index (χ2v) is 6.73. The Morgan fingerprint density at radius 1 is 1.07 bits per heavy atom. The van der Waals surface area contributed by atoms with E-state index < -0.39 is 6.04 Å². The Kier molecular flexibility index (Phi) is 3.83. The van der Waals surface area contributed by atoms with Crippen molar-refractivity contribution in [2.75, 3.05) is 7.11 Å². The molecule has 2 aromatic carbocycles. The molecule has 6 nitrogen and oxygen atoms in total. The number of hydrogen-bond donors (Lipinski definition) is 1. The Balaban J connectivity index is 1.68. The van der Waals surface area contributed by atoms with Gasteiger partial charge in [0, 0.05) is 23.9 Å². The maximum atomic E-state index is 13.2. The number of rotatable bonds is 4. The third-order valence-electron chi connectivity index (χ3n) is 5.13. The minimum Gasteiger partial charge on any atom is -0.496 e. The summed E-state index contributed by atoms with van der Waals surface area (Å²) in [5, 5.41) is 0. The van der Waals surface area contributed by atoms with Crippen molar-refractivity contribution in [2.24, 2.45) is 0 Å². The summed E-state index contributed by atoms with van der Waals surface area (Å²) in [6.07, 6.45) is 1.72. The van der Waals surface area contributed by atoms with Crippen molar-refractivity contribution < 1.29 is 9.53 Å².